The number of hydrogen-bond acceptors (Lipinski definition) is 4. The zero-order valence-corrected chi connectivity index (χ0v) is 13.1. The molecule has 1 aromatic carbocycles. The van der Waals surface area contributed by atoms with Crippen molar-refractivity contribution >= 4 is 27.3 Å². The van der Waals surface area contributed by atoms with Crippen LogP contribution in [0.1, 0.15) is 15.2 Å². The van der Waals surface area contributed by atoms with Crippen molar-refractivity contribution in [1.29, 1.82) is 0 Å². The van der Waals surface area contributed by atoms with Crippen LogP contribution in [0.2, 0.25) is 0 Å². The van der Waals surface area contributed by atoms with Crippen molar-refractivity contribution < 1.29 is 13.2 Å². The van der Waals surface area contributed by atoms with Gasteiger partial charge in [-0.25, -0.2) is 13.1 Å². The highest BCUT2D eigenvalue weighted by atomic mass is 32.2. The Morgan fingerprint density at radius 3 is 2.48 bits per heavy atom. The Labute approximate surface area is 128 Å². The van der Waals surface area contributed by atoms with E-state index in [2.05, 4.69) is 10.0 Å². The van der Waals surface area contributed by atoms with Crippen LogP contribution in [0, 0.1) is 0 Å². The summed E-state index contributed by atoms with van der Waals surface area (Å²) in [5.74, 6) is -0.246. The first kappa shape index (κ1) is 15.7. The molecule has 0 saturated heterocycles. The lowest BCUT2D eigenvalue weighted by atomic mass is 10.2. The van der Waals surface area contributed by atoms with Gasteiger partial charge in [-0.3, -0.25) is 4.79 Å². The summed E-state index contributed by atoms with van der Waals surface area (Å²) in [6, 6.07) is 9.75. The molecule has 0 atom stereocenters. The highest BCUT2D eigenvalue weighted by Gasteiger charge is 2.14. The molecule has 7 heteroatoms. The topological polar surface area (TPSA) is 75.3 Å². The molecule has 0 aliphatic heterocycles. The van der Waals surface area contributed by atoms with Gasteiger partial charge < -0.3 is 5.32 Å². The van der Waals surface area contributed by atoms with Crippen molar-refractivity contribution in [3.63, 3.8) is 0 Å². The van der Waals surface area contributed by atoms with Crippen molar-refractivity contribution in [1.82, 2.24) is 10.0 Å². The molecule has 0 spiro atoms. The standard InChI is InChI=1S/C14H16N2O3S2/c1-15-14(17)11-4-6-13(7-5-11)21(18,19)16-9-8-12-3-2-10-20-12/h2-7,10,16H,8-9H2,1H3,(H,15,17). The molecule has 1 aromatic heterocycles. The minimum absolute atomic E-state index is 0.154. The van der Waals surface area contributed by atoms with Gasteiger partial charge in [-0.2, -0.15) is 0 Å². The molecule has 21 heavy (non-hydrogen) atoms. The van der Waals surface area contributed by atoms with E-state index in [0.717, 1.165) is 4.88 Å². The van der Waals surface area contributed by atoms with Gasteiger partial charge in [-0.1, -0.05) is 6.07 Å². The van der Waals surface area contributed by atoms with Crippen LogP contribution in [-0.2, 0) is 16.4 Å². The lowest BCUT2D eigenvalue weighted by Crippen LogP contribution is -2.26. The minimum Gasteiger partial charge on any atom is -0.355 e. The van der Waals surface area contributed by atoms with Crippen LogP contribution in [-0.4, -0.2) is 27.9 Å². The molecule has 0 bridgehead atoms. The maximum absolute atomic E-state index is 12.1. The molecule has 0 fully saturated rings. The molecule has 0 saturated carbocycles. The second-order valence-corrected chi connectivity index (χ2v) is 7.13. The van der Waals surface area contributed by atoms with E-state index < -0.39 is 10.0 Å². The van der Waals surface area contributed by atoms with Gasteiger partial charge in [0.25, 0.3) is 5.91 Å². The smallest absolute Gasteiger partial charge is 0.251 e. The Bertz CT molecular complexity index is 692. The van der Waals surface area contributed by atoms with E-state index in [1.807, 2.05) is 17.5 Å². The van der Waals surface area contributed by atoms with E-state index in [4.69, 9.17) is 0 Å². The third kappa shape index (κ3) is 4.13. The van der Waals surface area contributed by atoms with Crippen LogP contribution in [0.25, 0.3) is 0 Å². The number of benzene rings is 1. The van der Waals surface area contributed by atoms with E-state index in [0.29, 0.717) is 18.5 Å². The second-order valence-electron chi connectivity index (χ2n) is 4.33. The number of carbonyl (C=O) groups is 1. The van der Waals surface area contributed by atoms with Gasteiger partial charge in [0.15, 0.2) is 0 Å². The highest BCUT2D eigenvalue weighted by Crippen LogP contribution is 2.12. The second kappa shape index (κ2) is 6.84. The number of sulfonamides is 1. The number of amides is 1. The Hall–Kier alpha value is -1.70. The Kier molecular flexibility index (Phi) is 5.11. The van der Waals surface area contributed by atoms with Crippen LogP contribution in [0.4, 0.5) is 0 Å². The van der Waals surface area contributed by atoms with Gasteiger partial charge in [0.1, 0.15) is 0 Å². The molecule has 0 unspecified atom stereocenters. The predicted octanol–water partition coefficient (Wildman–Crippen LogP) is 1.63. The molecule has 2 aromatic rings. The SMILES string of the molecule is CNC(=O)c1ccc(S(=O)(=O)NCCc2cccs2)cc1. The summed E-state index contributed by atoms with van der Waals surface area (Å²) >= 11 is 1.60. The predicted molar refractivity (Wildman–Crippen MR) is 83.0 cm³/mol. The maximum Gasteiger partial charge on any atom is 0.251 e. The summed E-state index contributed by atoms with van der Waals surface area (Å²) in [6.07, 6.45) is 0.660. The van der Waals surface area contributed by atoms with Crippen LogP contribution < -0.4 is 10.0 Å². The number of carbonyl (C=O) groups excluding carboxylic acids is 1. The zero-order valence-electron chi connectivity index (χ0n) is 11.5. The molecule has 1 heterocycles. The fourth-order valence-corrected chi connectivity index (χ4v) is 3.52. The van der Waals surface area contributed by atoms with Crippen LogP contribution in [0.3, 0.4) is 0 Å². The summed E-state index contributed by atoms with van der Waals surface area (Å²) in [5.41, 5.74) is 0.426. The summed E-state index contributed by atoms with van der Waals surface area (Å²) in [4.78, 5) is 12.7. The lowest BCUT2D eigenvalue weighted by molar-refractivity contribution is 0.0963. The number of nitrogens with one attached hydrogen (secondary N) is 2. The molecule has 0 radical (unpaired) electrons. The van der Waals surface area contributed by atoms with Gasteiger partial charge in [-0.15, -0.1) is 11.3 Å². The first-order valence-electron chi connectivity index (χ1n) is 6.37. The number of rotatable bonds is 6. The average molecular weight is 324 g/mol. The van der Waals surface area contributed by atoms with Crippen molar-refractivity contribution in [2.75, 3.05) is 13.6 Å². The van der Waals surface area contributed by atoms with Crippen molar-refractivity contribution in [2.24, 2.45) is 0 Å². The third-order valence-electron chi connectivity index (χ3n) is 2.90. The Balaban J connectivity index is 2.00. The number of hydrogen-bond donors (Lipinski definition) is 2. The van der Waals surface area contributed by atoms with E-state index >= 15 is 0 Å². The molecular weight excluding hydrogens is 308 g/mol. The van der Waals surface area contributed by atoms with Crippen LogP contribution in [0.5, 0.6) is 0 Å². The largest absolute Gasteiger partial charge is 0.355 e. The fraction of sp³-hybridized carbons (Fsp3) is 0.214. The molecule has 0 aliphatic rings. The van der Waals surface area contributed by atoms with Crippen molar-refractivity contribution in [3.8, 4) is 0 Å². The van der Waals surface area contributed by atoms with Gasteiger partial charge in [0, 0.05) is 24.0 Å². The van der Waals surface area contributed by atoms with Crippen molar-refractivity contribution in [3.05, 3.63) is 52.2 Å². The molecule has 1 amide bonds. The molecule has 0 aliphatic carbocycles. The van der Waals surface area contributed by atoms with Gasteiger partial charge in [0.05, 0.1) is 4.90 Å². The monoisotopic (exact) mass is 324 g/mol. The van der Waals surface area contributed by atoms with Crippen molar-refractivity contribution in [2.45, 2.75) is 11.3 Å². The first-order chi connectivity index (χ1) is 10.0. The lowest BCUT2D eigenvalue weighted by Gasteiger charge is -2.07. The third-order valence-corrected chi connectivity index (χ3v) is 5.31. The van der Waals surface area contributed by atoms with E-state index in [9.17, 15) is 13.2 Å². The van der Waals surface area contributed by atoms with E-state index in [1.54, 1.807) is 11.3 Å². The minimum atomic E-state index is -3.54. The first-order valence-corrected chi connectivity index (χ1v) is 8.73. The average Bonchev–Trinajstić information content (AvgIpc) is 2.99. The summed E-state index contributed by atoms with van der Waals surface area (Å²) < 4.78 is 26.8. The zero-order chi connectivity index (χ0) is 15.3. The summed E-state index contributed by atoms with van der Waals surface area (Å²) in [6.45, 7) is 0.347. The van der Waals surface area contributed by atoms with Crippen LogP contribution in [0.15, 0.2) is 46.7 Å². The molecule has 2 N–H and O–H groups in total. The molecule has 2 rings (SSSR count). The van der Waals surface area contributed by atoms with Gasteiger partial charge in [-0.05, 0) is 42.1 Å². The quantitative estimate of drug-likeness (QED) is 0.848. The Morgan fingerprint density at radius 1 is 1.19 bits per heavy atom. The fourth-order valence-electron chi connectivity index (χ4n) is 1.78. The Morgan fingerprint density at radius 2 is 1.90 bits per heavy atom. The summed E-state index contributed by atoms with van der Waals surface area (Å²) in [5, 5.41) is 4.45. The van der Waals surface area contributed by atoms with Gasteiger partial charge >= 0.3 is 0 Å². The number of thiophene rings is 1. The van der Waals surface area contributed by atoms with E-state index in [1.165, 1.54) is 31.3 Å². The van der Waals surface area contributed by atoms with Gasteiger partial charge in [0.2, 0.25) is 10.0 Å². The maximum atomic E-state index is 12.1. The van der Waals surface area contributed by atoms with Crippen LogP contribution >= 0.6 is 11.3 Å². The van der Waals surface area contributed by atoms with E-state index in [-0.39, 0.29) is 10.8 Å². The normalized spacial score (nSPS) is 11.3. The molecule has 5 nitrogen and oxygen atoms in total. The highest BCUT2D eigenvalue weighted by molar-refractivity contribution is 7.89. The molecule has 112 valence electrons. The summed E-state index contributed by atoms with van der Waals surface area (Å²) in [7, 11) is -2.01. The molecular formula is C14H16N2O3S2.